The summed E-state index contributed by atoms with van der Waals surface area (Å²) in [6, 6.07) is 10.5. The molecule has 0 radical (unpaired) electrons. The minimum Gasteiger partial charge on any atom is -0.390 e. The first-order valence-corrected chi connectivity index (χ1v) is 11.4. The second kappa shape index (κ2) is 10.8. The Morgan fingerprint density at radius 3 is 2.59 bits per heavy atom. The van der Waals surface area contributed by atoms with Crippen LogP contribution in [0.3, 0.4) is 0 Å². The molecule has 0 bridgehead atoms. The zero-order chi connectivity index (χ0) is 24.1. The van der Waals surface area contributed by atoms with Crippen LogP contribution in [-0.4, -0.2) is 39.7 Å². The van der Waals surface area contributed by atoms with Crippen molar-refractivity contribution in [3.05, 3.63) is 83.2 Å². The molecule has 3 aromatic rings. The number of aliphatic hydroxyl groups excluding tert-OH is 1. The van der Waals surface area contributed by atoms with E-state index in [1.807, 2.05) is 6.07 Å². The van der Waals surface area contributed by atoms with Crippen LogP contribution in [-0.2, 0) is 17.6 Å². The number of aryl methyl sites for hydroxylation is 1. The van der Waals surface area contributed by atoms with Crippen LogP contribution in [0.1, 0.15) is 42.5 Å². The molecule has 0 saturated carbocycles. The van der Waals surface area contributed by atoms with Crippen LogP contribution in [0.25, 0.3) is 11.4 Å². The van der Waals surface area contributed by atoms with Crippen molar-refractivity contribution in [3.8, 4) is 11.4 Å². The summed E-state index contributed by atoms with van der Waals surface area (Å²) in [5.74, 6) is -1.05. The smallest absolute Gasteiger partial charge is 0.217 e. The Labute approximate surface area is 197 Å². The monoisotopic (exact) mass is 466 g/mol. The van der Waals surface area contributed by atoms with Gasteiger partial charge in [0.15, 0.2) is 5.82 Å². The Hall–Kier alpha value is -3.23. The van der Waals surface area contributed by atoms with Crippen molar-refractivity contribution >= 4 is 5.91 Å². The molecular formula is C26H28F2N4O2. The number of nitrogens with one attached hydrogen (secondary N) is 2. The normalized spacial score (nSPS) is 17.0. The third kappa shape index (κ3) is 6.01. The molecule has 4 rings (SSSR count). The van der Waals surface area contributed by atoms with E-state index < -0.39 is 23.8 Å². The van der Waals surface area contributed by atoms with Crippen molar-refractivity contribution in [2.24, 2.45) is 0 Å². The Balaban J connectivity index is 1.48. The lowest BCUT2D eigenvalue weighted by Gasteiger charge is -2.30. The van der Waals surface area contributed by atoms with E-state index in [1.54, 1.807) is 18.5 Å². The Bertz CT molecular complexity index is 1120. The fourth-order valence-electron chi connectivity index (χ4n) is 4.53. The van der Waals surface area contributed by atoms with Gasteiger partial charge in [0.05, 0.1) is 12.1 Å². The van der Waals surface area contributed by atoms with E-state index in [0.29, 0.717) is 11.4 Å². The van der Waals surface area contributed by atoms with Gasteiger partial charge in [0.2, 0.25) is 5.91 Å². The maximum Gasteiger partial charge on any atom is 0.217 e. The number of hydrogen-bond donors (Lipinski definition) is 3. The van der Waals surface area contributed by atoms with Gasteiger partial charge in [-0.2, -0.15) is 0 Å². The number of halogens is 2. The Morgan fingerprint density at radius 1 is 1.15 bits per heavy atom. The number of aliphatic hydroxyl groups is 1. The van der Waals surface area contributed by atoms with E-state index in [1.165, 1.54) is 24.6 Å². The molecule has 1 heterocycles. The lowest BCUT2D eigenvalue weighted by molar-refractivity contribution is -0.120. The van der Waals surface area contributed by atoms with E-state index in [4.69, 9.17) is 0 Å². The van der Waals surface area contributed by atoms with Crippen LogP contribution in [0.5, 0.6) is 0 Å². The molecule has 8 heteroatoms. The van der Waals surface area contributed by atoms with Crippen LogP contribution in [0.15, 0.2) is 54.9 Å². The molecule has 1 aromatic heterocycles. The fraction of sp³-hybridized carbons (Fsp3) is 0.346. The number of amides is 1. The molecule has 0 spiro atoms. The van der Waals surface area contributed by atoms with Gasteiger partial charge < -0.3 is 15.7 Å². The van der Waals surface area contributed by atoms with Crippen molar-refractivity contribution in [2.75, 3.05) is 6.54 Å². The third-order valence-electron chi connectivity index (χ3n) is 6.09. The fourth-order valence-corrected chi connectivity index (χ4v) is 4.53. The highest BCUT2D eigenvalue weighted by Crippen LogP contribution is 2.32. The van der Waals surface area contributed by atoms with Crippen molar-refractivity contribution < 1.29 is 18.7 Å². The molecule has 0 fully saturated rings. The number of nitrogens with zero attached hydrogens (tertiary/aromatic N) is 2. The van der Waals surface area contributed by atoms with Gasteiger partial charge in [0.1, 0.15) is 11.6 Å². The van der Waals surface area contributed by atoms with Crippen molar-refractivity contribution in [2.45, 2.75) is 50.8 Å². The van der Waals surface area contributed by atoms with E-state index in [0.717, 1.165) is 36.5 Å². The molecule has 1 aliphatic rings. The SMILES string of the molecule is CC(=O)N[C@@H](Cc1cc(F)cc(F)c1)[C@H](O)CN[C@H]1CCCc2ccc(-c3ncccn3)cc21. The molecule has 0 unspecified atom stereocenters. The highest BCUT2D eigenvalue weighted by molar-refractivity contribution is 5.73. The summed E-state index contributed by atoms with van der Waals surface area (Å²) in [5, 5.41) is 17.0. The van der Waals surface area contributed by atoms with Crippen LogP contribution in [0, 0.1) is 11.6 Å². The minimum atomic E-state index is -0.957. The van der Waals surface area contributed by atoms with Gasteiger partial charge in [-0.15, -0.1) is 0 Å². The predicted octanol–water partition coefficient (Wildman–Crippen LogP) is 3.50. The summed E-state index contributed by atoms with van der Waals surface area (Å²) >= 11 is 0. The highest BCUT2D eigenvalue weighted by Gasteiger charge is 2.25. The molecular weight excluding hydrogens is 438 g/mol. The van der Waals surface area contributed by atoms with Gasteiger partial charge in [0.25, 0.3) is 0 Å². The summed E-state index contributed by atoms with van der Waals surface area (Å²) in [6.07, 6.45) is 5.46. The highest BCUT2D eigenvalue weighted by atomic mass is 19.1. The van der Waals surface area contributed by atoms with Gasteiger partial charge in [0, 0.05) is 43.5 Å². The van der Waals surface area contributed by atoms with Crippen LogP contribution in [0.2, 0.25) is 0 Å². The van der Waals surface area contributed by atoms with Crippen LogP contribution >= 0.6 is 0 Å². The average molecular weight is 467 g/mol. The zero-order valence-electron chi connectivity index (χ0n) is 19.0. The van der Waals surface area contributed by atoms with Crippen molar-refractivity contribution in [1.29, 1.82) is 0 Å². The molecule has 3 N–H and O–H groups in total. The van der Waals surface area contributed by atoms with E-state index >= 15 is 0 Å². The molecule has 34 heavy (non-hydrogen) atoms. The Kier molecular flexibility index (Phi) is 7.59. The first-order valence-electron chi connectivity index (χ1n) is 11.4. The second-order valence-electron chi connectivity index (χ2n) is 8.70. The third-order valence-corrected chi connectivity index (χ3v) is 6.09. The van der Waals surface area contributed by atoms with Crippen LogP contribution in [0.4, 0.5) is 8.78 Å². The number of carbonyl (C=O) groups excluding carboxylic acids is 1. The zero-order valence-corrected chi connectivity index (χ0v) is 19.0. The summed E-state index contributed by atoms with van der Waals surface area (Å²) in [5.41, 5.74) is 3.68. The number of aromatic nitrogens is 2. The molecule has 3 atom stereocenters. The molecule has 0 aliphatic heterocycles. The summed E-state index contributed by atoms with van der Waals surface area (Å²) in [7, 11) is 0. The summed E-state index contributed by atoms with van der Waals surface area (Å²) < 4.78 is 27.2. The predicted molar refractivity (Wildman–Crippen MR) is 125 cm³/mol. The minimum absolute atomic E-state index is 0.0201. The first-order chi connectivity index (χ1) is 16.4. The molecule has 1 amide bonds. The van der Waals surface area contributed by atoms with Gasteiger partial charge in [-0.05, 0) is 66.6 Å². The number of fused-ring (bicyclic) bond motifs is 1. The lowest BCUT2D eigenvalue weighted by Crippen LogP contribution is -2.48. The molecule has 178 valence electrons. The number of hydrogen-bond acceptors (Lipinski definition) is 5. The summed E-state index contributed by atoms with van der Waals surface area (Å²) in [6.45, 7) is 1.56. The first kappa shape index (κ1) is 23.9. The van der Waals surface area contributed by atoms with Crippen molar-refractivity contribution in [3.63, 3.8) is 0 Å². The number of carbonyl (C=O) groups is 1. The molecule has 6 nitrogen and oxygen atoms in total. The Morgan fingerprint density at radius 2 is 1.88 bits per heavy atom. The number of rotatable bonds is 8. The molecule has 0 saturated heterocycles. The van der Waals surface area contributed by atoms with E-state index in [-0.39, 0.29) is 24.9 Å². The largest absolute Gasteiger partial charge is 0.390 e. The molecule has 1 aliphatic carbocycles. The second-order valence-corrected chi connectivity index (χ2v) is 8.70. The summed E-state index contributed by atoms with van der Waals surface area (Å²) in [4.78, 5) is 20.4. The maximum atomic E-state index is 13.6. The average Bonchev–Trinajstić information content (AvgIpc) is 2.81. The van der Waals surface area contributed by atoms with Gasteiger partial charge >= 0.3 is 0 Å². The maximum absolute atomic E-state index is 13.6. The van der Waals surface area contributed by atoms with Gasteiger partial charge in [-0.1, -0.05) is 12.1 Å². The molecule has 2 aromatic carbocycles. The van der Waals surface area contributed by atoms with E-state index in [2.05, 4.69) is 32.7 Å². The van der Waals surface area contributed by atoms with Gasteiger partial charge in [-0.25, -0.2) is 18.7 Å². The van der Waals surface area contributed by atoms with Crippen molar-refractivity contribution in [1.82, 2.24) is 20.6 Å². The standard InChI is InChI=1S/C26H28F2N4O2/c1-16(33)32-24(12-17-10-20(27)14-21(28)11-17)25(34)15-31-23-5-2-4-18-6-7-19(13-22(18)23)26-29-8-3-9-30-26/h3,6-11,13-14,23-25,31,34H,2,4-5,12,15H2,1H3,(H,32,33)/t23-,24-,25+/m0/s1. The van der Waals surface area contributed by atoms with Gasteiger partial charge in [-0.3, -0.25) is 4.79 Å². The van der Waals surface area contributed by atoms with Crippen LogP contribution < -0.4 is 10.6 Å². The quantitative estimate of drug-likeness (QED) is 0.473. The van der Waals surface area contributed by atoms with E-state index in [9.17, 15) is 18.7 Å². The number of benzene rings is 2. The lowest BCUT2D eigenvalue weighted by atomic mass is 9.86. The topological polar surface area (TPSA) is 87.1 Å².